The summed E-state index contributed by atoms with van der Waals surface area (Å²) in [6, 6.07) is 6.31. The zero-order valence-electron chi connectivity index (χ0n) is 13.9. The van der Waals surface area contributed by atoms with Gasteiger partial charge in [-0.1, -0.05) is 32.1 Å². The van der Waals surface area contributed by atoms with Crippen LogP contribution < -0.4 is 0 Å². The van der Waals surface area contributed by atoms with Gasteiger partial charge in [0.2, 0.25) is 0 Å². The average molecular weight is 302 g/mol. The van der Waals surface area contributed by atoms with E-state index in [2.05, 4.69) is 13.8 Å². The minimum absolute atomic E-state index is 0.0181. The number of rotatable bonds is 4. The van der Waals surface area contributed by atoms with Gasteiger partial charge in [-0.05, 0) is 62.0 Å². The molecule has 0 amide bonds. The van der Waals surface area contributed by atoms with Crippen LogP contribution >= 0.6 is 0 Å². The molecule has 22 heavy (non-hydrogen) atoms. The zero-order chi connectivity index (χ0) is 16.5. The third kappa shape index (κ3) is 3.29. The highest BCUT2D eigenvalue weighted by Gasteiger charge is 2.63. The van der Waals surface area contributed by atoms with Gasteiger partial charge in [0.25, 0.3) is 0 Å². The first-order valence-corrected chi connectivity index (χ1v) is 7.49. The molecule has 0 aliphatic heterocycles. The molecule has 0 bridgehead atoms. The van der Waals surface area contributed by atoms with Crippen LogP contribution in [0.4, 0.5) is 4.39 Å². The van der Waals surface area contributed by atoms with E-state index < -0.39 is 0 Å². The third-order valence-corrected chi connectivity index (χ3v) is 4.74. The second-order valence-electron chi connectivity index (χ2n) is 6.92. The van der Waals surface area contributed by atoms with Gasteiger partial charge in [-0.15, -0.1) is 0 Å². The van der Waals surface area contributed by atoms with E-state index in [1.54, 1.807) is 25.1 Å². The quantitative estimate of drug-likeness (QED) is 0.439. The van der Waals surface area contributed by atoms with Crippen molar-refractivity contribution in [3.05, 3.63) is 53.6 Å². The zero-order valence-corrected chi connectivity index (χ0v) is 13.9. The smallest absolute Gasteiger partial charge is 0.317 e. The number of carbonyl (C=O) groups excluding carboxylic acids is 1. The Labute approximate surface area is 131 Å². The van der Waals surface area contributed by atoms with Gasteiger partial charge in [-0.2, -0.15) is 0 Å². The highest BCUT2D eigenvalue weighted by Crippen LogP contribution is 2.63. The van der Waals surface area contributed by atoms with Gasteiger partial charge in [-0.3, -0.25) is 4.79 Å². The fraction of sp³-hybridized carbons (Fsp3) is 0.421. The molecular formula is C19H23FO2. The van der Waals surface area contributed by atoms with Crippen LogP contribution in [0, 0.1) is 16.6 Å². The van der Waals surface area contributed by atoms with E-state index in [-0.39, 0.29) is 22.6 Å². The maximum atomic E-state index is 12.9. The normalized spacial score (nSPS) is 24.1. The van der Waals surface area contributed by atoms with Gasteiger partial charge in [0.15, 0.2) is 0 Å². The molecule has 2 rings (SSSR count). The predicted molar refractivity (Wildman–Crippen MR) is 86.4 cm³/mol. The van der Waals surface area contributed by atoms with Gasteiger partial charge in [0.05, 0.1) is 5.41 Å². The lowest BCUT2D eigenvalue weighted by atomic mass is 9.98. The fourth-order valence-corrected chi connectivity index (χ4v) is 2.53. The van der Waals surface area contributed by atoms with E-state index in [0.717, 1.165) is 17.6 Å². The molecule has 1 saturated carbocycles. The van der Waals surface area contributed by atoms with Crippen LogP contribution in [0.25, 0.3) is 5.57 Å². The van der Waals surface area contributed by atoms with Gasteiger partial charge >= 0.3 is 5.97 Å². The van der Waals surface area contributed by atoms with Crippen molar-refractivity contribution in [2.45, 2.75) is 41.0 Å². The van der Waals surface area contributed by atoms with E-state index in [1.807, 2.05) is 19.9 Å². The van der Waals surface area contributed by atoms with E-state index in [1.165, 1.54) is 12.1 Å². The lowest BCUT2D eigenvalue weighted by Gasteiger charge is -2.13. The Kier molecular flexibility index (Phi) is 4.28. The van der Waals surface area contributed by atoms with Crippen molar-refractivity contribution in [3.8, 4) is 0 Å². The summed E-state index contributed by atoms with van der Waals surface area (Å²) in [5, 5.41) is 0. The van der Waals surface area contributed by atoms with Crippen LogP contribution in [0.1, 0.15) is 46.6 Å². The Morgan fingerprint density at radius 3 is 2.18 bits per heavy atom. The molecule has 1 aliphatic rings. The highest BCUT2D eigenvalue weighted by molar-refractivity contribution is 5.82. The summed E-state index contributed by atoms with van der Waals surface area (Å²) in [6.45, 7) is 9.80. The molecule has 0 aromatic heterocycles. The van der Waals surface area contributed by atoms with Gasteiger partial charge < -0.3 is 4.74 Å². The summed E-state index contributed by atoms with van der Waals surface area (Å²) in [4.78, 5) is 12.2. The topological polar surface area (TPSA) is 26.3 Å². The number of halogens is 1. The first-order chi connectivity index (χ1) is 10.2. The van der Waals surface area contributed by atoms with Crippen molar-refractivity contribution in [2.24, 2.45) is 10.8 Å². The number of hydrogen-bond acceptors (Lipinski definition) is 2. The molecule has 1 atom stereocenters. The number of ether oxygens (including phenoxy) is 1. The summed E-state index contributed by atoms with van der Waals surface area (Å²) in [5.41, 5.74) is 1.56. The molecule has 1 fully saturated rings. The molecule has 0 N–H and O–H groups in total. The van der Waals surface area contributed by atoms with E-state index in [9.17, 15) is 9.18 Å². The lowest BCUT2D eigenvalue weighted by Crippen LogP contribution is -2.20. The third-order valence-electron chi connectivity index (χ3n) is 4.74. The van der Waals surface area contributed by atoms with Gasteiger partial charge in [0.1, 0.15) is 11.6 Å². The highest BCUT2D eigenvalue weighted by atomic mass is 19.1. The van der Waals surface area contributed by atoms with Crippen molar-refractivity contribution in [2.75, 3.05) is 0 Å². The molecule has 2 nitrogen and oxygen atoms in total. The van der Waals surface area contributed by atoms with Gasteiger partial charge in [0, 0.05) is 0 Å². The molecule has 0 spiro atoms. The largest absolute Gasteiger partial charge is 0.431 e. The maximum Gasteiger partial charge on any atom is 0.317 e. The molecular weight excluding hydrogens is 279 g/mol. The lowest BCUT2D eigenvalue weighted by molar-refractivity contribution is -0.146. The number of allylic oxidation sites excluding steroid dienone is 4. The van der Waals surface area contributed by atoms with E-state index >= 15 is 0 Å². The van der Waals surface area contributed by atoms with Crippen molar-refractivity contribution in [1.82, 2.24) is 0 Å². The Morgan fingerprint density at radius 2 is 1.68 bits per heavy atom. The van der Waals surface area contributed by atoms with E-state index in [4.69, 9.17) is 4.74 Å². The summed E-state index contributed by atoms with van der Waals surface area (Å²) in [7, 11) is 0. The van der Waals surface area contributed by atoms with Crippen LogP contribution in [0.2, 0.25) is 0 Å². The summed E-state index contributed by atoms with van der Waals surface area (Å²) in [6.07, 6.45) is 4.50. The number of carbonyl (C=O) groups is 1. The Hall–Kier alpha value is -1.90. The molecule has 1 unspecified atom stereocenters. The van der Waals surface area contributed by atoms with Crippen molar-refractivity contribution in [3.63, 3.8) is 0 Å². The second-order valence-corrected chi connectivity index (χ2v) is 6.92. The first kappa shape index (κ1) is 16.5. The van der Waals surface area contributed by atoms with Crippen LogP contribution in [0.5, 0.6) is 0 Å². The standard InChI is InChI=1S/C19H23FO2/c1-13(15-8-10-16(20)11-9-15)6-7-14(2)22-17(21)19(5)12-18(19,3)4/h6-11H,12H2,1-5H3/b13-6+,14-7+. The van der Waals surface area contributed by atoms with Gasteiger partial charge in [-0.25, -0.2) is 4.39 Å². The molecule has 0 radical (unpaired) electrons. The Bertz CT molecular complexity index is 638. The second kappa shape index (κ2) is 5.71. The molecule has 1 aliphatic carbocycles. The Balaban J connectivity index is 2.02. The summed E-state index contributed by atoms with van der Waals surface area (Å²) in [5.74, 6) is 0.145. The molecule has 3 heteroatoms. The summed E-state index contributed by atoms with van der Waals surface area (Å²) >= 11 is 0. The molecule has 0 heterocycles. The SMILES string of the molecule is C/C(=C\C=C(/C)c1ccc(F)cc1)OC(=O)C1(C)CC1(C)C. The minimum Gasteiger partial charge on any atom is -0.431 e. The molecule has 118 valence electrons. The molecule has 0 saturated heterocycles. The van der Waals surface area contributed by atoms with Crippen molar-refractivity contribution < 1.29 is 13.9 Å². The number of esters is 1. The number of hydrogen-bond donors (Lipinski definition) is 0. The number of benzene rings is 1. The van der Waals surface area contributed by atoms with E-state index in [0.29, 0.717) is 5.76 Å². The van der Waals surface area contributed by atoms with Crippen LogP contribution in [-0.4, -0.2) is 5.97 Å². The fourth-order valence-electron chi connectivity index (χ4n) is 2.53. The maximum absolute atomic E-state index is 12.9. The monoisotopic (exact) mass is 302 g/mol. The average Bonchev–Trinajstić information content (AvgIpc) is 2.97. The van der Waals surface area contributed by atoms with Crippen LogP contribution in [-0.2, 0) is 9.53 Å². The van der Waals surface area contributed by atoms with Crippen LogP contribution in [0.15, 0.2) is 42.2 Å². The Morgan fingerprint density at radius 1 is 1.14 bits per heavy atom. The predicted octanol–water partition coefficient (Wildman–Crippen LogP) is 5.11. The molecule has 1 aromatic rings. The van der Waals surface area contributed by atoms with Crippen LogP contribution in [0.3, 0.4) is 0 Å². The molecule has 1 aromatic carbocycles. The van der Waals surface area contributed by atoms with Crippen molar-refractivity contribution >= 4 is 11.5 Å². The minimum atomic E-state index is -0.377. The summed E-state index contributed by atoms with van der Waals surface area (Å²) < 4.78 is 18.3. The first-order valence-electron chi connectivity index (χ1n) is 7.49. The van der Waals surface area contributed by atoms with Crippen molar-refractivity contribution in [1.29, 1.82) is 0 Å².